The van der Waals surface area contributed by atoms with Crippen LogP contribution in [-0.2, 0) is 16.1 Å². The Morgan fingerprint density at radius 3 is 2.95 bits per heavy atom. The number of esters is 1. The van der Waals surface area contributed by atoms with Gasteiger partial charge in [0, 0.05) is 11.1 Å². The molecule has 21 heavy (non-hydrogen) atoms. The summed E-state index contributed by atoms with van der Waals surface area (Å²) in [5.41, 5.74) is 1.63. The van der Waals surface area contributed by atoms with Crippen LogP contribution in [0, 0.1) is 0 Å². The summed E-state index contributed by atoms with van der Waals surface area (Å²) in [5, 5.41) is 17.4. The van der Waals surface area contributed by atoms with Crippen molar-refractivity contribution in [2.75, 3.05) is 6.61 Å². The highest BCUT2D eigenvalue weighted by Gasteiger charge is 2.18. The van der Waals surface area contributed by atoms with Crippen molar-refractivity contribution < 1.29 is 19.4 Å². The lowest BCUT2D eigenvalue weighted by Crippen LogP contribution is -2.28. The van der Waals surface area contributed by atoms with Crippen molar-refractivity contribution in [3.05, 3.63) is 36.0 Å². The first-order valence-corrected chi connectivity index (χ1v) is 6.45. The molecule has 0 spiro atoms. The van der Waals surface area contributed by atoms with Crippen LogP contribution in [0.5, 0.6) is 0 Å². The summed E-state index contributed by atoms with van der Waals surface area (Å²) < 4.78 is 6.04. The number of hydrogen-bond acceptors (Lipinski definition) is 6. The maximum Gasteiger partial charge on any atom is 0.336 e. The summed E-state index contributed by atoms with van der Waals surface area (Å²) in [7, 11) is 0. The normalized spacial score (nSPS) is 11.9. The van der Waals surface area contributed by atoms with Gasteiger partial charge < -0.3 is 9.84 Å². The molecule has 1 heterocycles. The molecule has 7 heteroatoms. The van der Waals surface area contributed by atoms with Crippen LogP contribution in [0.4, 0.5) is 0 Å². The first-order valence-electron chi connectivity index (χ1n) is 6.45. The van der Waals surface area contributed by atoms with Crippen LogP contribution in [0.1, 0.15) is 17.3 Å². The standard InChI is InChI=1S/C14H15N3O4/c1-2-21-14(20)13(19)8-17-7-12(15-16-17)11-6-4-3-5-10(11)9-18/h3-7,9,13,19H,2,8H2,1H3. The van der Waals surface area contributed by atoms with E-state index in [4.69, 9.17) is 4.74 Å². The lowest BCUT2D eigenvalue weighted by atomic mass is 10.1. The second-order valence-corrected chi connectivity index (χ2v) is 4.30. The second-order valence-electron chi connectivity index (χ2n) is 4.30. The van der Waals surface area contributed by atoms with Crippen LogP contribution in [0.3, 0.4) is 0 Å². The molecule has 0 saturated heterocycles. The summed E-state index contributed by atoms with van der Waals surface area (Å²) in [6.45, 7) is 1.80. The molecule has 1 aromatic heterocycles. The van der Waals surface area contributed by atoms with E-state index in [1.165, 1.54) is 4.68 Å². The van der Waals surface area contributed by atoms with Crippen LogP contribution in [-0.4, -0.2) is 45.1 Å². The highest BCUT2D eigenvalue weighted by Crippen LogP contribution is 2.19. The quantitative estimate of drug-likeness (QED) is 0.621. The predicted octanol–water partition coefficient (Wildman–Crippen LogP) is 0.682. The van der Waals surface area contributed by atoms with Crippen LogP contribution in [0.15, 0.2) is 30.5 Å². The van der Waals surface area contributed by atoms with Crippen molar-refractivity contribution in [2.24, 2.45) is 0 Å². The monoisotopic (exact) mass is 289 g/mol. The molecule has 1 unspecified atom stereocenters. The minimum absolute atomic E-state index is 0.0604. The van der Waals surface area contributed by atoms with Gasteiger partial charge in [-0.3, -0.25) is 4.79 Å². The molecule has 0 fully saturated rings. The third kappa shape index (κ3) is 3.51. The van der Waals surface area contributed by atoms with Gasteiger partial charge in [-0.15, -0.1) is 5.10 Å². The van der Waals surface area contributed by atoms with E-state index in [0.717, 1.165) is 6.29 Å². The number of ether oxygens (including phenoxy) is 1. The molecule has 2 rings (SSSR count). The number of rotatable bonds is 6. The summed E-state index contributed by atoms with van der Waals surface area (Å²) >= 11 is 0. The molecule has 0 aliphatic heterocycles. The Bertz CT molecular complexity index is 639. The van der Waals surface area contributed by atoms with Crippen LogP contribution in [0.25, 0.3) is 11.3 Å². The highest BCUT2D eigenvalue weighted by molar-refractivity contribution is 5.86. The van der Waals surface area contributed by atoms with E-state index in [0.29, 0.717) is 16.8 Å². The lowest BCUT2D eigenvalue weighted by molar-refractivity contribution is -0.153. The third-order valence-corrected chi connectivity index (χ3v) is 2.82. The van der Waals surface area contributed by atoms with E-state index in [1.807, 2.05) is 0 Å². The number of hydrogen-bond donors (Lipinski definition) is 1. The van der Waals surface area contributed by atoms with Gasteiger partial charge in [0.25, 0.3) is 0 Å². The number of nitrogens with zero attached hydrogens (tertiary/aromatic N) is 3. The maximum absolute atomic E-state index is 11.3. The second kappa shape index (κ2) is 6.76. The summed E-state index contributed by atoms with van der Waals surface area (Å²) in [4.78, 5) is 22.3. The Morgan fingerprint density at radius 2 is 2.24 bits per heavy atom. The Balaban J connectivity index is 2.15. The Kier molecular flexibility index (Phi) is 4.78. The molecule has 1 aromatic carbocycles. The number of aliphatic hydroxyl groups excluding tert-OH is 1. The van der Waals surface area contributed by atoms with Crippen molar-refractivity contribution in [1.82, 2.24) is 15.0 Å². The number of carbonyl (C=O) groups excluding carboxylic acids is 2. The van der Waals surface area contributed by atoms with Crippen molar-refractivity contribution in [3.63, 3.8) is 0 Å². The van der Waals surface area contributed by atoms with Crippen molar-refractivity contribution in [1.29, 1.82) is 0 Å². The Labute approximate surface area is 121 Å². The molecule has 0 amide bonds. The molecule has 0 radical (unpaired) electrons. The van der Waals surface area contributed by atoms with E-state index >= 15 is 0 Å². The van der Waals surface area contributed by atoms with E-state index in [1.54, 1.807) is 37.4 Å². The Morgan fingerprint density at radius 1 is 1.48 bits per heavy atom. The average Bonchev–Trinajstić information content (AvgIpc) is 2.95. The molecule has 1 N–H and O–H groups in total. The molecule has 0 aliphatic rings. The van der Waals surface area contributed by atoms with Gasteiger partial charge in [-0.25, -0.2) is 9.48 Å². The predicted molar refractivity (Wildman–Crippen MR) is 73.5 cm³/mol. The van der Waals surface area contributed by atoms with Gasteiger partial charge >= 0.3 is 5.97 Å². The van der Waals surface area contributed by atoms with Gasteiger partial charge in [0.1, 0.15) is 5.69 Å². The van der Waals surface area contributed by atoms with Gasteiger partial charge in [-0.1, -0.05) is 29.5 Å². The topological polar surface area (TPSA) is 94.3 Å². The van der Waals surface area contributed by atoms with Gasteiger partial charge in [-0.2, -0.15) is 0 Å². The van der Waals surface area contributed by atoms with Gasteiger partial charge in [-0.05, 0) is 6.92 Å². The molecular formula is C14H15N3O4. The van der Waals surface area contributed by atoms with E-state index < -0.39 is 12.1 Å². The van der Waals surface area contributed by atoms with Gasteiger partial charge in [0.15, 0.2) is 12.4 Å². The Hall–Kier alpha value is -2.54. The SMILES string of the molecule is CCOC(=O)C(O)Cn1cc(-c2ccccc2C=O)nn1. The van der Waals surface area contributed by atoms with Crippen molar-refractivity contribution in [2.45, 2.75) is 19.6 Å². The number of aldehydes is 1. The minimum Gasteiger partial charge on any atom is -0.464 e. The zero-order valence-corrected chi connectivity index (χ0v) is 11.5. The zero-order chi connectivity index (χ0) is 15.2. The number of benzene rings is 1. The summed E-state index contributed by atoms with van der Waals surface area (Å²) in [5.74, 6) is -0.706. The fourth-order valence-electron chi connectivity index (χ4n) is 1.83. The van der Waals surface area contributed by atoms with Gasteiger partial charge in [0.05, 0.1) is 19.3 Å². The third-order valence-electron chi connectivity index (χ3n) is 2.82. The van der Waals surface area contributed by atoms with Crippen LogP contribution >= 0.6 is 0 Å². The van der Waals surface area contributed by atoms with Crippen LogP contribution in [0.2, 0.25) is 0 Å². The molecule has 0 bridgehead atoms. The van der Waals surface area contributed by atoms with Gasteiger partial charge in [0.2, 0.25) is 0 Å². The molecule has 110 valence electrons. The number of carbonyl (C=O) groups is 2. The zero-order valence-electron chi connectivity index (χ0n) is 11.5. The molecule has 2 aromatic rings. The van der Waals surface area contributed by atoms with Crippen molar-refractivity contribution >= 4 is 12.3 Å². The molecule has 0 aliphatic carbocycles. The summed E-state index contributed by atoms with van der Waals surface area (Å²) in [6.07, 6.45) is 0.993. The first-order chi connectivity index (χ1) is 10.2. The van der Waals surface area contributed by atoms with E-state index in [-0.39, 0.29) is 13.2 Å². The number of aliphatic hydroxyl groups is 1. The fraction of sp³-hybridized carbons (Fsp3) is 0.286. The molecule has 0 saturated carbocycles. The maximum atomic E-state index is 11.3. The molecule has 7 nitrogen and oxygen atoms in total. The first kappa shape index (κ1) is 14.9. The largest absolute Gasteiger partial charge is 0.464 e. The smallest absolute Gasteiger partial charge is 0.336 e. The van der Waals surface area contributed by atoms with Crippen LogP contribution < -0.4 is 0 Å². The average molecular weight is 289 g/mol. The number of aromatic nitrogens is 3. The minimum atomic E-state index is -1.30. The van der Waals surface area contributed by atoms with E-state index in [2.05, 4.69) is 10.3 Å². The lowest BCUT2D eigenvalue weighted by Gasteiger charge is -2.08. The molecule has 1 atom stereocenters. The van der Waals surface area contributed by atoms with Crippen molar-refractivity contribution in [3.8, 4) is 11.3 Å². The fourth-order valence-corrected chi connectivity index (χ4v) is 1.83. The highest BCUT2D eigenvalue weighted by atomic mass is 16.5. The van der Waals surface area contributed by atoms with E-state index in [9.17, 15) is 14.7 Å². The summed E-state index contributed by atoms with van der Waals surface area (Å²) in [6, 6.07) is 6.96. The molecular weight excluding hydrogens is 274 g/mol.